The molecule has 0 radical (unpaired) electrons. The SMILES string of the molecule is OCCCn1nnc(-c2ccc(Br)cc2)n1. The summed E-state index contributed by atoms with van der Waals surface area (Å²) in [5, 5.41) is 20.8. The maximum atomic E-state index is 8.69. The Balaban J connectivity index is 2.15. The van der Waals surface area contributed by atoms with Gasteiger partial charge >= 0.3 is 0 Å². The quantitative estimate of drug-likeness (QED) is 0.923. The molecule has 0 saturated heterocycles. The molecule has 0 unspecified atom stereocenters. The molecule has 5 nitrogen and oxygen atoms in total. The van der Waals surface area contributed by atoms with Crippen LogP contribution in [-0.2, 0) is 6.54 Å². The molecular weight excluding hydrogens is 272 g/mol. The first-order valence-corrected chi connectivity index (χ1v) is 5.73. The van der Waals surface area contributed by atoms with Crippen molar-refractivity contribution in [3.63, 3.8) is 0 Å². The van der Waals surface area contributed by atoms with E-state index in [2.05, 4.69) is 31.3 Å². The predicted molar refractivity (Wildman–Crippen MR) is 62.7 cm³/mol. The van der Waals surface area contributed by atoms with Gasteiger partial charge in [0.25, 0.3) is 0 Å². The van der Waals surface area contributed by atoms with Gasteiger partial charge in [-0.3, -0.25) is 0 Å². The zero-order valence-electron chi connectivity index (χ0n) is 8.54. The number of tetrazole rings is 1. The molecule has 6 heteroatoms. The van der Waals surface area contributed by atoms with Gasteiger partial charge in [-0.05, 0) is 35.9 Å². The molecule has 0 fully saturated rings. The number of aliphatic hydroxyl groups excluding tert-OH is 1. The predicted octanol–water partition coefficient (Wildman–Crippen LogP) is 1.48. The van der Waals surface area contributed by atoms with Gasteiger partial charge in [0.2, 0.25) is 5.82 Å². The molecule has 0 saturated carbocycles. The lowest BCUT2D eigenvalue weighted by atomic mass is 10.2. The Bertz CT molecular complexity index is 454. The van der Waals surface area contributed by atoms with Crippen molar-refractivity contribution in [3.8, 4) is 11.4 Å². The summed E-state index contributed by atoms with van der Waals surface area (Å²) < 4.78 is 1.02. The Morgan fingerprint density at radius 2 is 2.00 bits per heavy atom. The summed E-state index contributed by atoms with van der Waals surface area (Å²) in [5.41, 5.74) is 0.929. The maximum absolute atomic E-state index is 8.69. The highest BCUT2D eigenvalue weighted by molar-refractivity contribution is 9.10. The number of benzene rings is 1. The van der Waals surface area contributed by atoms with Crippen LogP contribution in [0.2, 0.25) is 0 Å². The Morgan fingerprint density at radius 1 is 1.25 bits per heavy atom. The van der Waals surface area contributed by atoms with Crippen molar-refractivity contribution >= 4 is 15.9 Å². The van der Waals surface area contributed by atoms with Crippen LogP contribution < -0.4 is 0 Å². The molecule has 0 spiro atoms. The molecule has 0 bridgehead atoms. The van der Waals surface area contributed by atoms with Crippen LogP contribution >= 0.6 is 15.9 Å². The van der Waals surface area contributed by atoms with E-state index in [1.807, 2.05) is 24.3 Å². The molecule has 2 aromatic rings. The molecule has 0 aliphatic heterocycles. The van der Waals surface area contributed by atoms with E-state index in [4.69, 9.17) is 5.11 Å². The lowest BCUT2D eigenvalue weighted by molar-refractivity contribution is 0.272. The van der Waals surface area contributed by atoms with Crippen LogP contribution in [0, 0.1) is 0 Å². The fourth-order valence-corrected chi connectivity index (χ4v) is 1.53. The largest absolute Gasteiger partial charge is 0.396 e. The molecule has 1 aromatic heterocycles. The summed E-state index contributed by atoms with van der Waals surface area (Å²) in [6, 6.07) is 7.72. The van der Waals surface area contributed by atoms with Gasteiger partial charge in [-0.25, -0.2) is 0 Å². The Kier molecular flexibility index (Phi) is 3.63. The molecule has 2 rings (SSSR count). The van der Waals surface area contributed by atoms with E-state index >= 15 is 0 Å². The van der Waals surface area contributed by atoms with Crippen LogP contribution in [0.1, 0.15) is 6.42 Å². The fourth-order valence-electron chi connectivity index (χ4n) is 1.26. The van der Waals surface area contributed by atoms with Crippen molar-refractivity contribution in [2.45, 2.75) is 13.0 Å². The molecule has 1 N–H and O–H groups in total. The van der Waals surface area contributed by atoms with Crippen molar-refractivity contribution < 1.29 is 5.11 Å². The van der Waals surface area contributed by atoms with Gasteiger partial charge in [0.1, 0.15) is 0 Å². The number of nitrogens with zero attached hydrogens (tertiary/aromatic N) is 4. The van der Waals surface area contributed by atoms with Gasteiger partial charge in [-0.2, -0.15) is 4.80 Å². The zero-order valence-corrected chi connectivity index (χ0v) is 10.1. The number of aryl methyl sites for hydroxylation is 1. The molecule has 16 heavy (non-hydrogen) atoms. The van der Waals surface area contributed by atoms with Crippen molar-refractivity contribution in [2.75, 3.05) is 6.61 Å². The summed E-state index contributed by atoms with van der Waals surface area (Å²) in [4.78, 5) is 1.49. The number of hydrogen-bond acceptors (Lipinski definition) is 4. The van der Waals surface area contributed by atoms with Gasteiger partial charge in [0, 0.05) is 16.6 Å². The van der Waals surface area contributed by atoms with E-state index in [-0.39, 0.29) is 6.61 Å². The molecule has 0 amide bonds. The Morgan fingerprint density at radius 3 is 2.69 bits per heavy atom. The number of aromatic nitrogens is 4. The molecule has 1 heterocycles. The van der Waals surface area contributed by atoms with E-state index in [9.17, 15) is 0 Å². The normalized spacial score (nSPS) is 10.6. The summed E-state index contributed by atoms with van der Waals surface area (Å²) >= 11 is 3.37. The highest BCUT2D eigenvalue weighted by atomic mass is 79.9. The van der Waals surface area contributed by atoms with E-state index in [0.717, 1.165) is 10.0 Å². The van der Waals surface area contributed by atoms with Crippen molar-refractivity contribution in [1.29, 1.82) is 0 Å². The van der Waals surface area contributed by atoms with Crippen molar-refractivity contribution in [2.24, 2.45) is 0 Å². The average molecular weight is 283 g/mol. The lowest BCUT2D eigenvalue weighted by Gasteiger charge is -1.95. The molecule has 84 valence electrons. The summed E-state index contributed by atoms with van der Waals surface area (Å²) in [6.07, 6.45) is 0.635. The number of halogens is 1. The third-order valence-electron chi connectivity index (χ3n) is 2.07. The number of rotatable bonds is 4. The van der Waals surface area contributed by atoms with Crippen molar-refractivity contribution in [1.82, 2.24) is 20.2 Å². The first-order valence-electron chi connectivity index (χ1n) is 4.94. The highest BCUT2D eigenvalue weighted by Gasteiger charge is 2.04. The topological polar surface area (TPSA) is 63.8 Å². The maximum Gasteiger partial charge on any atom is 0.204 e. The summed E-state index contributed by atoms with van der Waals surface area (Å²) in [7, 11) is 0. The number of hydrogen-bond donors (Lipinski definition) is 1. The first kappa shape index (κ1) is 11.2. The van der Waals surface area contributed by atoms with Gasteiger partial charge in [0.15, 0.2) is 0 Å². The minimum Gasteiger partial charge on any atom is -0.396 e. The van der Waals surface area contributed by atoms with Crippen LogP contribution in [0.4, 0.5) is 0 Å². The Labute approximate surface area is 101 Å². The van der Waals surface area contributed by atoms with E-state index < -0.39 is 0 Å². The molecule has 0 atom stereocenters. The third-order valence-corrected chi connectivity index (χ3v) is 2.60. The first-order chi connectivity index (χ1) is 7.79. The minimum absolute atomic E-state index is 0.134. The lowest BCUT2D eigenvalue weighted by Crippen LogP contribution is -2.04. The van der Waals surface area contributed by atoms with Gasteiger partial charge < -0.3 is 5.11 Å². The van der Waals surface area contributed by atoms with E-state index in [0.29, 0.717) is 18.8 Å². The fraction of sp³-hybridized carbons (Fsp3) is 0.300. The standard InChI is InChI=1S/C10H11BrN4O/c11-9-4-2-8(3-5-9)10-12-14-15(13-10)6-1-7-16/h2-5,16H,1,6-7H2. The third kappa shape index (κ3) is 2.65. The monoisotopic (exact) mass is 282 g/mol. The van der Waals surface area contributed by atoms with Crippen LogP contribution in [0.3, 0.4) is 0 Å². The second-order valence-electron chi connectivity index (χ2n) is 3.29. The number of aliphatic hydroxyl groups is 1. The molecule has 0 aliphatic carbocycles. The zero-order chi connectivity index (χ0) is 11.4. The van der Waals surface area contributed by atoms with Crippen molar-refractivity contribution in [3.05, 3.63) is 28.7 Å². The second kappa shape index (κ2) is 5.18. The van der Waals surface area contributed by atoms with Gasteiger partial charge in [-0.15, -0.1) is 10.2 Å². The smallest absolute Gasteiger partial charge is 0.204 e. The van der Waals surface area contributed by atoms with Crippen LogP contribution in [0.5, 0.6) is 0 Å². The van der Waals surface area contributed by atoms with E-state index in [1.165, 1.54) is 4.80 Å². The minimum atomic E-state index is 0.134. The van der Waals surface area contributed by atoms with Crippen LogP contribution in [0.25, 0.3) is 11.4 Å². The van der Waals surface area contributed by atoms with Gasteiger partial charge in [-0.1, -0.05) is 15.9 Å². The Hall–Kier alpha value is -1.27. The molecule has 0 aliphatic rings. The van der Waals surface area contributed by atoms with Crippen LogP contribution in [0.15, 0.2) is 28.7 Å². The van der Waals surface area contributed by atoms with E-state index in [1.54, 1.807) is 0 Å². The molecule has 1 aromatic carbocycles. The summed E-state index contributed by atoms with van der Waals surface area (Å²) in [6.45, 7) is 0.717. The summed E-state index contributed by atoms with van der Waals surface area (Å²) in [5.74, 6) is 0.602. The second-order valence-corrected chi connectivity index (χ2v) is 4.21. The average Bonchev–Trinajstić information content (AvgIpc) is 2.76. The van der Waals surface area contributed by atoms with Gasteiger partial charge in [0.05, 0.1) is 6.54 Å². The van der Waals surface area contributed by atoms with Crippen LogP contribution in [-0.4, -0.2) is 31.9 Å². The molecular formula is C10H11BrN4O. The highest BCUT2D eigenvalue weighted by Crippen LogP contribution is 2.17.